The number of rotatable bonds is 29. The Balaban J connectivity index is 1.54. The lowest BCUT2D eigenvalue weighted by molar-refractivity contribution is -0.140. The van der Waals surface area contributed by atoms with Crippen LogP contribution in [0.4, 0.5) is 0 Å². The summed E-state index contributed by atoms with van der Waals surface area (Å²) in [4.78, 5) is 23.3. The van der Waals surface area contributed by atoms with Gasteiger partial charge in [0.05, 0.1) is 13.2 Å². The summed E-state index contributed by atoms with van der Waals surface area (Å²) in [5.41, 5.74) is 3.35. The maximum Gasteiger partial charge on any atom is 0.341 e. The second-order valence-electron chi connectivity index (χ2n) is 14.4. The third-order valence-electron chi connectivity index (χ3n) is 9.87. The summed E-state index contributed by atoms with van der Waals surface area (Å²) in [7, 11) is 0. The molecular formula is C46H62O8. The van der Waals surface area contributed by atoms with E-state index in [-0.39, 0.29) is 0 Å². The second kappa shape index (κ2) is 24.3. The Morgan fingerprint density at radius 1 is 0.481 bits per heavy atom. The van der Waals surface area contributed by atoms with Crippen molar-refractivity contribution in [2.45, 2.75) is 130 Å². The number of aliphatic carboxylic acids is 2. The summed E-state index contributed by atoms with van der Waals surface area (Å²) >= 11 is 0. The van der Waals surface area contributed by atoms with Gasteiger partial charge in [-0.05, 0) is 69.8 Å². The fourth-order valence-corrected chi connectivity index (χ4v) is 6.99. The molecule has 4 aromatic rings. The molecule has 0 heterocycles. The fraction of sp³-hybridized carbons (Fsp3) is 0.522. The molecule has 0 unspecified atom stereocenters. The van der Waals surface area contributed by atoms with Crippen LogP contribution in [0.5, 0.6) is 11.5 Å². The smallest absolute Gasteiger partial charge is 0.341 e. The zero-order chi connectivity index (χ0) is 38.4. The Morgan fingerprint density at radius 3 is 1.22 bits per heavy atom. The molecule has 8 heteroatoms. The molecule has 2 N–H and O–H groups in total. The molecule has 0 bridgehead atoms. The summed E-state index contributed by atoms with van der Waals surface area (Å²) in [6.07, 6.45) is 20.0. The number of unbranched alkanes of at least 4 members (excludes halogenated alkanes) is 14. The van der Waals surface area contributed by atoms with Gasteiger partial charge in [-0.25, -0.2) is 9.59 Å². The molecule has 0 aliphatic rings. The number of hydrogen-bond acceptors (Lipinski definition) is 6. The predicted molar refractivity (Wildman–Crippen MR) is 218 cm³/mol. The van der Waals surface area contributed by atoms with Crippen LogP contribution in [0, 0.1) is 0 Å². The number of hydrogen-bond donors (Lipinski definition) is 2. The van der Waals surface area contributed by atoms with Crippen molar-refractivity contribution in [3.8, 4) is 22.6 Å². The highest BCUT2D eigenvalue weighted by Crippen LogP contribution is 2.46. The molecule has 0 amide bonds. The van der Waals surface area contributed by atoms with E-state index in [9.17, 15) is 19.8 Å². The highest BCUT2D eigenvalue weighted by Gasteiger charge is 2.21. The van der Waals surface area contributed by atoms with E-state index in [1.165, 1.54) is 89.9 Å². The largest absolute Gasteiger partial charge is 0.481 e. The Hall–Kier alpha value is -4.14. The van der Waals surface area contributed by atoms with Crippen molar-refractivity contribution in [1.29, 1.82) is 0 Å². The minimum atomic E-state index is -1.10. The van der Waals surface area contributed by atoms with Crippen molar-refractivity contribution in [1.82, 2.24) is 0 Å². The molecule has 8 nitrogen and oxygen atoms in total. The van der Waals surface area contributed by atoms with Crippen LogP contribution in [0.3, 0.4) is 0 Å². The van der Waals surface area contributed by atoms with Crippen LogP contribution in [-0.4, -0.2) is 48.6 Å². The third-order valence-corrected chi connectivity index (χ3v) is 9.87. The van der Waals surface area contributed by atoms with Gasteiger partial charge in [0.15, 0.2) is 13.2 Å². The number of ether oxygens (including phenoxy) is 4. The van der Waals surface area contributed by atoms with Crippen LogP contribution in [0.2, 0.25) is 0 Å². The van der Waals surface area contributed by atoms with Gasteiger partial charge in [0.2, 0.25) is 0 Å². The van der Waals surface area contributed by atoms with E-state index in [4.69, 9.17) is 18.9 Å². The fourth-order valence-electron chi connectivity index (χ4n) is 6.99. The van der Waals surface area contributed by atoms with E-state index < -0.39 is 25.2 Å². The summed E-state index contributed by atoms with van der Waals surface area (Å²) in [6, 6.07) is 19.6. The van der Waals surface area contributed by atoms with Gasteiger partial charge in [0, 0.05) is 24.3 Å². The van der Waals surface area contributed by atoms with E-state index in [1.54, 1.807) is 12.1 Å². The molecule has 54 heavy (non-hydrogen) atoms. The lowest BCUT2D eigenvalue weighted by Gasteiger charge is -2.19. The van der Waals surface area contributed by atoms with Gasteiger partial charge >= 0.3 is 11.9 Å². The number of carbonyl (C=O) groups is 2. The zero-order valence-corrected chi connectivity index (χ0v) is 32.7. The quantitative estimate of drug-likeness (QED) is 0.0529. The Bertz CT molecular complexity index is 1600. The first-order valence-corrected chi connectivity index (χ1v) is 20.4. The molecule has 0 aromatic heterocycles. The predicted octanol–water partition coefficient (Wildman–Crippen LogP) is 11.9. The zero-order valence-electron chi connectivity index (χ0n) is 32.7. The number of carboxylic acid groups (broad SMARTS) is 2. The molecule has 0 aliphatic heterocycles. The van der Waals surface area contributed by atoms with Gasteiger partial charge < -0.3 is 29.2 Å². The molecule has 4 aromatic carbocycles. The van der Waals surface area contributed by atoms with Crippen LogP contribution in [0.15, 0.2) is 60.7 Å². The van der Waals surface area contributed by atoms with Crippen molar-refractivity contribution in [3.05, 3.63) is 71.8 Å². The Labute approximate surface area is 322 Å². The molecule has 0 saturated carbocycles. The molecule has 0 spiro atoms. The summed E-state index contributed by atoms with van der Waals surface area (Å²) in [5.74, 6) is -1.45. The summed E-state index contributed by atoms with van der Waals surface area (Å²) < 4.78 is 23.9. The number of benzene rings is 4. The molecule has 0 radical (unpaired) electrons. The van der Waals surface area contributed by atoms with Gasteiger partial charge in [-0.1, -0.05) is 140 Å². The van der Waals surface area contributed by atoms with E-state index in [0.717, 1.165) is 45.5 Å². The van der Waals surface area contributed by atoms with Crippen molar-refractivity contribution in [3.63, 3.8) is 0 Å². The standard InChI is InChI=1S/C46H62O8/c1-3-5-7-9-11-13-15-17-27-51-31-35-19-23-39-37(29-35)21-25-41(53-33-43(47)48)45(39)46-40-24-20-36(30-38(40)22-26-42(46)54-34-44(49)50)32-52-28-18-16-14-12-10-8-6-4-2/h19-26,29-30H,3-18,27-28,31-34H2,1-2H3,(H,47,48)(H,49,50). The molecule has 0 atom stereocenters. The van der Waals surface area contributed by atoms with E-state index >= 15 is 0 Å². The summed E-state index contributed by atoms with van der Waals surface area (Å²) in [6.45, 7) is 5.84. The molecule has 294 valence electrons. The highest BCUT2D eigenvalue weighted by atomic mass is 16.5. The van der Waals surface area contributed by atoms with Crippen LogP contribution >= 0.6 is 0 Å². The first kappa shape index (κ1) is 42.6. The van der Waals surface area contributed by atoms with Gasteiger partial charge in [0.25, 0.3) is 0 Å². The lowest BCUT2D eigenvalue weighted by Crippen LogP contribution is -2.11. The van der Waals surface area contributed by atoms with Crippen molar-refractivity contribution >= 4 is 33.5 Å². The number of carboxylic acids is 2. The molecule has 0 saturated heterocycles. The lowest BCUT2D eigenvalue weighted by atomic mass is 9.91. The van der Waals surface area contributed by atoms with Gasteiger partial charge in [-0.15, -0.1) is 0 Å². The first-order valence-electron chi connectivity index (χ1n) is 20.4. The van der Waals surface area contributed by atoms with Gasteiger partial charge in [-0.3, -0.25) is 0 Å². The molecular weight excluding hydrogens is 680 g/mol. The average Bonchev–Trinajstić information content (AvgIpc) is 3.17. The van der Waals surface area contributed by atoms with Crippen molar-refractivity contribution < 1.29 is 38.7 Å². The third kappa shape index (κ3) is 14.3. The Morgan fingerprint density at radius 2 is 0.852 bits per heavy atom. The van der Waals surface area contributed by atoms with Crippen molar-refractivity contribution in [2.75, 3.05) is 26.4 Å². The van der Waals surface area contributed by atoms with Gasteiger partial charge in [0.1, 0.15) is 11.5 Å². The van der Waals surface area contributed by atoms with Crippen LogP contribution in [-0.2, 0) is 32.3 Å². The minimum absolute atomic E-state index is 0.369. The Kier molecular flexibility index (Phi) is 19.2. The van der Waals surface area contributed by atoms with E-state index in [1.807, 2.05) is 36.4 Å². The first-order chi connectivity index (χ1) is 26.4. The van der Waals surface area contributed by atoms with Gasteiger partial charge in [-0.2, -0.15) is 0 Å². The number of fused-ring (bicyclic) bond motifs is 2. The SMILES string of the molecule is CCCCCCCCCCOCc1ccc2c(-c3c(OCC(=O)O)ccc4cc(COCCCCCCCCCC)ccc34)c(OCC(=O)O)ccc2c1. The van der Waals surface area contributed by atoms with Crippen LogP contribution in [0.25, 0.3) is 32.7 Å². The minimum Gasteiger partial charge on any atom is -0.481 e. The van der Waals surface area contributed by atoms with E-state index in [0.29, 0.717) is 49.1 Å². The molecule has 0 aliphatic carbocycles. The molecule has 4 rings (SSSR count). The summed E-state index contributed by atoms with van der Waals surface area (Å²) in [5, 5.41) is 22.5. The normalized spacial score (nSPS) is 11.4. The van der Waals surface area contributed by atoms with E-state index in [2.05, 4.69) is 26.0 Å². The topological polar surface area (TPSA) is 112 Å². The second-order valence-corrected chi connectivity index (χ2v) is 14.4. The van der Waals surface area contributed by atoms with Crippen molar-refractivity contribution in [2.24, 2.45) is 0 Å². The van der Waals surface area contributed by atoms with Crippen LogP contribution in [0.1, 0.15) is 128 Å². The average molecular weight is 743 g/mol. The monoisotopic (exact) mass is 742 g/mol. The maximum atomic E-state index is 11.6. The molecule has 0 fully saturated rings. The van der Waals surface area contributed by atoms with Crippen LogP contribution < -0.4 is 9.47 Å². The maximum absolute atomic E-state index is 11.6. The highest BCUT2D eigenvalue weighted by molar-refractivity contribution is 6.10.